The van der Waals surface area contributed by atoms with E-state index in [-0.39, 0.29) is 17.5 Å². The molecule has 0 radical (unpaired) electrons. The molecular weight excluding hydrogens is 406 g/mol. The third-order valence-electron chi connectivity index (χ3n) is 4.63. The van der Waals surface area contributed by atoms with Gasteiger partial charge in [-0.1, -0.05) is 13.3 Å². The van der Waals surface area contributed by atoms with Gasteiger partial charge < -0.3 is 10.1 Å². The summed E-state index contributed by atoms with van der Waals surface area (Å²) in [6.45, 7) is 2.09. The molecule has 0 spiro atoms. The molecule has 9 heteroatoms. The Morgan fingerprint density at radius 2 is 1.93 bits per heavy atom. The number of rotatable bonds is 10. The topological polar surface area (TPSA) is 106 Å². The Kier molecular flexibility index (Phi) is 7.17. The standard InChI is InChI=1S/C21H25N3O5S/c1-2-3-13-29-21(26)16-6-8-17(9-7-16)23-20(25)15-24(18-10-11-18)30(27,28)19-5-4-12-22-14-19/h4-9,12,14,18H,2-3,10-11,13,15H2,1H3,(H,23,25). The van der Waals surface area contributed by atoms with Gasteiger partial charge >= 0.3 is 5.97 Å². The molecule has 0 saturated heterocycles. The number of sulfonamides is 1. The van der Waals surface area contributed by atoms with Crippen molar-refractivity contribution in [1.29, 1.82) is 0 Å². The van der Waals surface area contributed by atoms with Crippen molar-refractivity contribution in [3.8, 4) is 0 Å². The molecule has 1 N–H and O–H groups in total. The number of hydrogen-bond donors (Lipinski definition) is 1. The molecule has 3 rings (SSSR count). The Morgan fingerprint density at radius 1 is 1.20 bits per heavy atom. The first kappa shape index (κ1) is 21.9. The second kappa shape index (κ2) is 9.82. The van der Waals surface area contributed by atoms with Crippen molar-refractivity contribution in [3.63, 3.8) is 0 Å². The monoisotopic (exact) mass is 431 g/mol. The van der Waals surface area contributed by atoms with Crippen molar-refractivity contribution in [3.05, 3.63) is 54.4 Å². The first-order chi connectivity index (χ1) is 14.4. The van der Waals surface area contributed by atoms with Crippen LogP contribution < -0.4 is 5.32 Å². The molecule has 1 saturated carbocycles. The molecule has 1 aromatic heterocycles. The number of nitrogens with zero attached hydrogens (tertiary/aromatic N) is 2. The van der Waals surface area contributed by atoms with Crippen molar-refractivity contribution in [2.45, 2.75) is 43.5 Å². The van der Waals surface area contributed by atoms with Crippen molar-refractivity contribution < 1.29 is 22.7 Å². The van der Waals surface area contributed by atoms with E-state index in [4.69, 9.17) is 4.74 Å². The number of anilines is 1. The fraction of sp³-hybridized carbons (Fsp3) is 0.381. The number of unbranched alkanes of at least 4 members (excludes halogenated alkanes) is 1. The van der Waals surface area contributed by atoms with Crippen LogP contribution in [0.1, 0.15) is 43.0 Å². The maximum Gasteiger partial charge on any atom is 0.338 e. The minimum Gasteiger partial charge on any atom is -0.462 e. The Morgan fingerprint density at radius 3 is 2.53 bits per heavy atom. The molecule has 0 atom stereocenters. The molecule has 0 unspecified atom stereocenters. The highest BCUT2D eigenvalue weighted by Gasteiger charge is 2.39. The molecule has 30 heavy (non-hydrogen) atoms. The van der Waals surface area contributed by atoms with E-state index >= 15 is 0 Å². The van der Waals surface area contributed by atoms with Gasteiger partial charge in [0.15, 0.2) is 0 Å². The molecule has 0 aliphatic heterocycles. The van der Waals surface area contributed by atoms with Crippen LogP contribution in [0.25, 0.3) is 0 Å². The lowest BCUT2D eigenvalue weighted by Gasteiger charge is -2.21. The van der Waals surface area contributed by atoms with Crippen molar-refractivity contribution in [1.82, 2.24) is 9.29 Å². The lowest BCUT2D eigenvalue weighted by Crippen LogP contribution is -2.39. The summed E-state index contributed by atoms with van der Waals surface area (Å²) in [6.07, 6.45) is 5.96. The van der Waals surface area contributed by atoms with Gasteiger partial charge in [-0.3, -0.25) is 9.78 Å². The number of hydrogen-bond acceptors (Lipinski definition) is 6. The summed E-state index contributed by atoms with van der Waals surface area (Å²) >= 11 is 0. The number of aromatic nitrogens is 1. The SMILES string of the molecule is CCCCOC(=O)c1ccc(NC(=O)CN(C2CC2)S(=O)(=O)c2cccnc2)cc1. The van der Waals surface area contributed by atoms with Gasteiger partial charge in [-0.05, 0) is 55.7 Å². The summed E-state index contributed by atoms with van der Waals surface area (Å²) in [5, 5.41) is 2.68. The van der Waals surface area contributed by atoms with E-state index in [2.05, 4.69) is 10.3 Å². The highest BCUT2D eigenvalue weighted by molar-refractivity contribution is 7.89. The predicted molar refractivity (Wildman–Crippen MR) is 111 cm³/mol. The molecule has 1 heterocycles. The van der Waals surface area contributed by atoms with E-state index in [0.29, 0.717) is 17.9 Å². The lowest BCUT2D eigenvalue weighted by atomic mass is 10.2. The van der Waals surface area contributed by atoms with Gasteiger partial charge in [-0.2, -0.15) is 4.31 Å². The molecule has 1 aromatic carbocycles. The first-order valence-corrected chi connectivity index (χ1v) is 11.3. The number of benzene rings is 1. The summed E-state index contributed by atoms with van der Waals surface area (Å²) in [5.41, 5.74) is 0.863. The van der Waals surface area contributed by atoms with Gasteiger partial charge in [0.2, 0.25) is 15.9 Å². The number of pyridine rings is 1. The zero-order valence-electron chi connectivity index (χ0n) is 16.8. The summed E-state index contributed by atoms with van der Waals surface area (Å²) in [5.74, 6) is -0.864. The van der Waals surface area contributed by atoms with E-state index in [1.165, 1.54) is 22.8 Å². The maximum atomic E-state index is 12.9. The Balaban J connectivity index is 1.62. The molecule has 1 amide bonds. The van der Waals surface area contributed by atoms with Gasteiger partial charge in [0.25, 0.3) is 0 Å². The zero-order valence-corrected chi connectivity index (χ0v) is 17.6. The molecule has 1 aliphatic rings. The third-order valence-corrected chi connectivity index (χ3v) is 6.51. The molecule has 160 valence electrons. The Bertz CT molecular complexity index is 973. The fourth-order valence-electron chi connectivity index (χ4n) is 2.83. The van der Waals surface area contributed by atoms with E-state index in [1.54, 1.807) is 30.3 Å². The molecule has 1 fully saturated rings. The maximum absolute atomic E-state index is 12.9. The van der Waals surface area contributed by atoms with Gasteiger partial charge in [-0.25, -0.2) is 13.2 Å². The van der Waals surface area contributed by atoms with E-state index in [1.807, 2.05) is 6.92 Å². The van der Waals surface area contributed by atoms with Crippen LogP contribution in [-0.2, 0) is 19.6 Å². The molecule has 0 bridgehead atoms. The average Bonchev–Trinajstić information content (AvgIpc) is 3.58. The summed E-state index contributed by atoms with van der Waals surface area (Å²) in [4.78, 5) is 28.4. The quantitative estimate of drug-likeness (QED) is 0.458. The summed E-state index contributed by atoms with van der Waals surface area (Å²) in [7, 11) is -3.81. The van der Waals surface area contributed by atoms with E-state index in [9.17, 15) is 18.0 Å². The number of nitrogens with one attached hydrogen (secondary N) is 1. The van der Waals surface area contributed by atoms with Crippen LogP contribution in [0.15, 0.2) is 53.7 Å². The summed E-state index contributed by atoms with van der Waals surface area (Å²) in [6, 6.07) is 9.14. The highest BCUT2D eigenvalue weighted by Crippen LogP contribution is 2.31. The first-order valence-electron chi connectivity index (χ1n) is 9.90. The fourth-order valence-corrected chi connectivity index (χ4v) is 4.44. The normalized spacial score (nSPS) is 13.8. The molecule has 1 aliphatic carbocycles. The van der Waals surface area contributed by atoms with Gasteiger partial charge in [0.1, 0.15) is 4.90 Å². The third kappa shape index (κ3) is 5.64. The van der Waals surface area contributed by atoms with Crippen molar-refractivity contribution in [2.24, 2.45) is 0 Å². The zero-order chi connectivity index (χ0) is 21.6. The van der Waals surface area contributed by atoms with Crippen LogP contribution in [0.3, 0.4) is 0 Å². The highest BCUT2D eigenvalue weighted by atomic mass is 32.2. The summed E-state index contributed by atoms with van der Waals surface area (Å²) < 4.78 is 32.1. The largest absolute Gasteiger partial charge is 0.462 e. The second-order valence-electron chi connectivity index (χ2n) is 7.09. The van der Waals surface area contributed by atoms with E-state index < -0.39 is 21.9 Å². The smallest absolute Gasteiger partial charge is 0.338 e. The van der Waals surface area contributed by atoms with Crippen LogP contribution in [0, 0.1) is 0 Å². The molecular formula is C21H25N3O5S. The molecule has 2 aromatic rings. The van der Waals surface area contributed by atoms with Gasteiger partial charge in [0, 0.05) is 24.1 Å². The number of amides is 1. The second-order valence-corrected chi connectivity index (χ2v) is 8.98. The van der Waals surface area contributed by atoms with Crippen LogP contribution in [0.2, 0.25) is 0 Å². The van der Waals surface area contributed by atoms with E-state index in [0.717, 1.165) is 25.7 Å². The van der Waals surface area contributed by atoms with Crippen molar-refractivity contribution >= 4 is 27.6 Å². The van der Waals surface area contributed by atoms with Gasteiger partial charge in [-0.15, -0.1) is 0 Å². The van der Waals surface area contributed by atoms with Crippen LogP contribution >= 0.6 is 0 Å². The number of carbonyl (C=O) groups is 2. The van der Waals surface area contributed by atoms with Crippen LogP contribution in [0.4, 0.5) is 5.69 Å². The lowest BCUT2D eigenvalue weighted by molar-refractivity contribution is -0.116. The number of carbonyl (C=O) groups excluding carboxylic acids is 2. The Hall–Kier alpha value is -2.78. The van der Waals surface area contributed by atoms with Gasteiger partial charge in [0.05, 0.1) is 18.7 Å². The van der Waals surface area contributed by atoms with Crippen LogP contribution in [0.5, 0.6) is 0 Å². The Labute approximate surface area is 176 Å². The average molecular weight is 432 g/mol. The minimum absolute atomic E-state index is 0.0654. The number of ether oxygens (including phenoxy) is 1. The molecule has 8 nitrogen and oxygen atoms in total. The predicted octanol–water partition coefficient (Wildman–Crippen LogP) is 2.83. The van der Waals surface area contributed by atoms with Crippen molar-refractivity contribution in [2.75, 3.05) is 18.5 Å². The van der Waals surface area contributed by atoms with Crippen LogP contribution in [-0.4, -0.2) is 48.8 Å². The number of esters is 1. The minimum atomic E-state index is -3.81.